The number of ketones is 1. The average molecular weight is 178 g/mol. The number of hydrogen-bond acceptors (Lipinski definition) is 3. The van der Waals surface area contributed by atoms with Crippen LogP contribution >= 0.6 is 0 Å². The number of rotatable bonds is 3. The molecule has 4 heteroatoms. The Bertz CT molecular complexity index is 238. The van der Waals surface area contributed by atoms with Crippen molar-refractivity contribution in [2.24, 2.45) is 0 Å². The van der Waals surface area contributed by atoms with E-state index in [2.05, 4.69) is 0 Å². The molecule has 0 aromatic carbocycles. The van der Waals surface area contributed by atoms with Gasteiger partial charge in [0.2, 0.25) is 0 Å². The van der Waals surface area contributed by atoms with Gasteiger partial charge in [-0.1, -0.05) is 0 Å². The minimum atomic E-state index is -3.23. The third-order valence-electron chi connectivity index (χ3n) is 1.72. The van der Waals surface area contributed by atoms with Crippen LogP contribution in [0.2, 0.25) is 0 Å². The summed E-state index contributed by atoms with van der Waals surface area (Å²) in [6.45, 7) is 5.88. The van der Waals surface area contributed by atoms with Crippen LogP contribution in [0.15, 0.2) is 0 Å². The Kier molecular flexibility index (Phi) is 3.23. The third-order valence-corrected chi connectivity index (χ3v) is 4.35. The van der Waals surface area contributed by atoms with E-state index in [1.54, 1.807) is 13.8 Å². The van der Waals surface area contributed by atoms with Crippen molar-refractivity contribution >= 4 is 15.6 Å². The van der Waals surface area contributed by atoms with E-state index in [1.807, 2.05) is 0 Å². The number of carbonyl (C=O) groups excluding carboxylic acids is 1. The lowest BCUT2D eigenvalue weighted by atomic mass is 10.3. The van der Waals surface area contributed by atoms with Gasteiger partial charge in [-0.05, 0) is 27.7 Å². The highest BCUT2D eigenvalue weighted by atomic mass is 32.2. The molecule has 0 heterocycles. The zero-order valence-electron chi connectivity index (χ0n) is 7.29. The molecule has 0 saturated heterocycles. The summed E-state index contributed by atoms with van der Waals surface area (Å²) in [6.07, 6.45) is 0. The summed E-state index contributed by atoms with van der Waals surface area (Å²) in [5, 5.41) is -1.33. The number of carbonyl (C=O) groups is 1. The zero-order valence-corrected chi connectivity index (χ0v) is 8.10. The van der Waals surface area contributed by atoms with Gasteiger partial charge in [0.1, 0.15) is 11.0 Å². The van der Waals surface area contributed by atoms with E-state index in [0.717, 1.165) is 0 Å². The largest absolute Gasteiger partial charge is 0.299 e. The molecule has 11 heavy (non-hydrogen) atoms. The monoisotopic (exact) mass is 178 g/mol. The molecule has 0 aliphatic carbocycles. The van der Waals surface area contributed by atoms with E-state index in [9.17, 15) is 13.2 Å². The van der Waals surface area contributed by atoms with Crippen molar-refractivity contribution in [3.05, 3.63) is 0 Å². The molecule has 0 bridgehead atoms. The van der Waals surface area contributed by atoms with Crippen molar-refractivity contribution in [2.45, 2.75) is 38.2 Å². The molecule has 0 aliphatic heterocycles. The maximum absolute atomic E-state index is 11.3. The quantitative estimate of drug-likeness (QED) is 0.642. The Labute approximate surface area is 67.7 Å². The highest BCUT2D eigenvalue weighted by molar-refractivity contribution is 7.93. The predicted octanol–water partition coefficient (Wildman–Crippen LogP) is 0.787. The number of hydrogen-bond donors (Lipinski definition) is 0. The second-order valence-electron chi connectivity index (χ2n) is 2.89. The summed E-state index contributed by atoms with van der Waals surface area (Å²) in [5.41, 5.74) is 0. The zero-order chi connectivity index (χ0) is 9.23. The van der Waals surface area contributed by atoms with Crippen LogP contribution in [0.5, 0.6) is 0 Å². The molecule has 1 unspecified atom stereocenters. The molecule has 0 radical (unpaired) electrons. The Balaban J connectivity index is 4.72. The van der Waals surface area contributed by atoms with Crippen LogP contribution < -0.4 is 0 Å². The summed E-state index contributed by atoms with van der Waals surface area (Å²) in [6, 6.07) is 0. The first-order chi connectivity index (χ1) is 4.80. The molecule has 0 aliphatic rings. The molecule has 0 spiro atoms. The van der Waals surface area contributed by atoms with Crippen LogP contribution in [0.1, 0.15) is 27.7 Å². The van der Waals surface area contributed by atoms with Gasteiger partial charge in [0.15, 0.2) is 9.84 Å². The summed E-state index contributed by atoms with van der Waals surface area (Å²) in [7, 11) is -3.23. The van der Waals surface area contributed by atoms with Gasteiger partial charge in [0.25, 0.3) is 0 Å². The van der Waals surface area contributed by atoms with Gasteiger partial charge < -0.3 is 0 Å². The molecule has 0 saturated carbocycles. The maximum atomic E-state index is 11.3. The molecular weight excluding hydrogens is 164 g/mol. The van der Waals surface area contributed by atoms with Gasteiger partial charge >= 0.3 is 0 Å². The van der Waals surface area contributed by atoms with Gasteiger partial charge in [-0.3, -0.25) is 4.79 Å². The SMILES string of the molecule is CC(=O)C(C)S(=O)(=O)C(C)C. The van der Waals surface area contributed by atoms with Crippen LogP contribution in [0.3, 0.4) is 0 Å². The van der Waals surface area contributed by atoms with E-state index in [0.29, 0.717) is 0 Å². The van der Waals surface area contributed by atoms with Gasteiger partial charge in [0.05, 0.1) is 5.25 Å². The predicted molar refractivity (Wildman–Crippen MR) is 44.2 cm³/mol. The van der Waals surface area contributed by atoms with Crippen LogP contribution in [0.4, 0.5) is 0 Å². The molecular formula is C7H14O3S. The standard InChI is InChI=1S/C7H14O3S/c1-5(2)11(9,10)7(4)6(3)8/h5,7H,1-4H3. The molecule has 0 N–H and O–H groups in total. The minimum Gasteiger partial charge on any atom is -0.299 e. The van der Waals surface area contributed by atoms with Gasteiger partial charge in [0, 0.05) is 0 Å². The molecule has 0 aromatic heterocycles. The molecule has 0 aromatic rings. The van der Waals surface area contributed by atoms with Crippen LogP contribution in [0.25, 0.3) is 0 Å². The first-order valence-corrected chi connectivity index (χ1v) is 5.14. The molecule has 0 rings (SSSR count). The Morgan fingerprint density at radius 1 is 1.18 bits per heavy atom. The fourth-order valence-corrected chi connectivity index (χ4v) is 1.92. The third kappa shape index (κ3) is 2.29. The van der Waals surface area contributed by atoms with E-state index in [1.165, 1.54) is 13.8 Å². The normalized spacial score (nSPS) is 15.0. The Morgan fingerprint density at radius 3 is 1.64 bits per heavy atom. The first kappa shape index (κ1) is 10.6. The molecule has 0 fully saturated rings. The van der Waals surface area contributed by atoms with E-state index >= 15 is 0 Å². The van der Waals surface area contributed by atoms with Crippen molar-refractivity contribution in [3.8, 4) is 0 Å². The lowest BCUT2D eigenvalue weighted by Gasteiger charge is -2.11. The topological polar surface area (TPSA) is 51.2 Å². The molecule has 0 amide bonds. The average Bonchev–Trinajstić information content (AvgIpc) is 1.85. The van der Waals surface area contributed by atoms with Gasteiger partial charge in [-0.25, -0.2) is 8.42 Å². The molecule has 3 nitrogen and oxygen atoms in total. The Hall–Kier alpha value is -0.380. The van der Waals surface area contributed by atoms with E-state index in [-0.39, 0.29) is 5.78 Å². The van der Waals surface area contributed by atoms with E-state index in [4.69, 9.17) is 0 Å². The fraction of sp³-hybridized carbons (Fsp3) is 0.857. The smallest absolute Gasteiger partial charge is 0.162 e. The van der Waals surface area contributed by atoms with Crippen molar-refractivity contribution in [3.63, 3.8) is 0 Å². The fourth-order valence-electron chi connectivity index (χ4n) is 0.640. The van der Waals surface area contributed by atoms with Crippen LogP contribution in [0, 0.1) is 0 Å². The maximum Gasteiger partial charge on any atom is 0.162 e. The molecule has 1 atom stereocenters. The summed E-state index contributed by atoms with van der Waals surface area (Å²) >= 11 is 0. The summed E-state index contributed by atoms with van der Waals surface area (Å²) in [5.74, 6) is -0.293. The summed E-state index contributed by atoms with van der Waals surface area (Å²) in [4.78, 5) is 10.7. The highest BCUT2D eigenvalue weighted by Gasteiger charge is 2.27. The number of Topliss-reactive ketones (excluding diaryl/α,β-unsaturated/α-hetero) is 1. The molecule has 66 valence electrons. The van der Waals surface area contributed by atoms with E-state index < -0.39 is 20.3 Å². The lowest BCUT2D eigenvalue weighted by Crippen LogP contribution is -2.31. The van der Waals surface area contributed by atoms with Crippen molar-refractivity contribution < 1.29 is 13.2 Å². The first-order valence-electron chi connectivity index (χ1n) is 3.53. The van der Waals surface area contributed by atoms with Crippen molar-refractivity contribution in [2.75, 3.05) is 0 Å². The van der Waals surface area contributed by atoms with Crippen molar-refractivity contribution in [1.82, 2.24) is 0 Å². The van der Waals surface area contributed by atoms with Gasteiger partial charge in [-0.2, -0.15) is 0 Å². The Morgan fingerprint density at radius 2 is 1.55 bits per heavy atom. The lowest BCUT2D eigenvalue weighted by molar-refractivity contribution is -0.116. The summed E-state index contributed by atoms with van der Waals surface area (Å²) < 4.78 is 22.5. The second-order valence-corrected chi connectivity index (χ2v) is 5.72. The van der Waals surface area contributed by atoms with Crippen LogP contribution in [-0.2, 0) is 14.6 Å². The number of sulfone groups is 1. The van der Waals surface area contributed by atoms with Crippen LogP contribution in [-0.4, -0.2) is 24.7 Å². The van der Waals surface area contributed by atoms with Gasteiger partial charge in [-0.15, -0.1) is 0 Å². The van der Waals surface area contributed by atoms with Crippen molar-refractivity contribution in [1.29, 1.82) is 0 Å². The highest BCUT2D eigenvalue weighted by Crippen LogP contribution is 2.09. The minimum absolute atomic E-state index is 0.293. The second kappa shape index (κ2) is 3.34.